The van der Waals surface area contributed by atoms with Crippen molar-refractivity contribution in [3.63, 3.8) is 0 Å². The molecular weight excluding hydrogens is 126 g/mol. The maximum absolute atomic E-state index is 10.7. The van der Waals surface area contributed by atoms with Gasteiger partial charge in [0.2, 0.25) is 5.91 Å². The van der Waals surface area contributed by atoms with Crippen molar-refractivity contribution in [2.75, 3.05) is 6.54 Å². The number of hydrogen-bond acceptors (Lipinski definition) is 1. The lowest BCUT2D eigenvalue weighted by atomic mass is 10.4. The maximum atomic E-state index is 10.7. The SMILES string of the molecule is C#CCCNC(=O)C=CC. The highest BCUT2D eigenvalue weighted by Crippen LogP contribution is 1.73. The summed E-state index contributed by atoms with van der Waals surface area (Å²) in [6.45, 7) is 2.35. The zero-order valence-electron chi connectivity index (χ0n) is 6.05. The Hall–Kier alpha value is -1.23. The summed E-state index contributed by atoms with van der Waals surface area (Å²) in [7, 11) is 0. The molecule has 0 fully saturated rings. The molecular formula is C8H11NO. The van der Waals surface area contributed by atoms with Crippen molar-refractivity contribution < 1.29 is 4.79 Å². The number of carbonyl (C=O) groups excluding carboxylic acids is 1. The van der Waals surface area contributed by atoms with Crippen molar-refractivity contribution in [3.05, 3.63) is 12.2 Å². The lowest BCUT2D eigenvalue weighted by Gasteiger charge is -1.95. The molecule has 54 valence electrons. The third-order valence-corrected chi connectivity index (χ3v) is 0.887. The van der Waals surface area contributed by atoms with Gasteiger partial charge in [0.05, 0.1) is 0 Å². The molecule has 0 saturated heterocycles. The van der Waals surface area contributed by atoms with Crippen molar-refractivity contribution in [2.24, 2.45) is 0 Å². The smallest absolute Gasteiger partial charge is 0.243 e. The zero-order chi connectivity index (χ0) is 7.82. The van der Waals surface area contributed by atoms with E-state index in [1.54, 1.807) is 13.0 Å². The summed E-state index contributed by atoms with van der Waals surface area (Å²) in [6.07, 6.45) is 8.71. The van der Waals surface area contributed by atoms with E-state index in [1.807, 2.05) is 0 Å². The summed E-state index contributed by atoms with van der Waals surface area (Å²) >= 11 is 0. The van der Waals surface area contributed by atoms with Crippen LogP contribution < -0.4 is 5.32 Å². The molecule has 0 aromatic heterocycles. The molecule has 0 saturated carbocycles. The quantitative estimate of drug-likeness (QED) is 0.346. The standard InChI is InChI=1S/C8H11NO/c1-3-5-7-9-8(10)6-4-2/h1,4,6H,5,7H2,2H3,(H,9,10). The van der Waals surface area contributed by atoms with Gasteiger partial charge in [-0.15, -0.1) is 12.3 Å². The number of nitrogens with one attached hydrogen (secondary N) is 1. The van der Waals surface area contributed by atoms with Crippen LogP contribution in [-0.4, -0.2) is 12.5 Å². The van der Waals surface area contributed by atoms with Crippen molar-refractivity contribution >= 4 is 5.91 Å². The molecule has 0 unspecified atom stereocenters. The van der Waals surface area contributed by atoms with Gasteiger partial charge in [0.1, 0.15) is 0 Å². The highest BCUT2D eigenvalue weighted by molar-refractivity contribution is 5.87. The molecule has 1 amide bonds. The molecule has 0 rings (SSSR count). The maximum Gasteiger partial charge on any atom is 0.243 e. The highest BCUT2D eigenvalue weighted by atomic mass is 16.1. The molecule has 0 aliphatic rings. The van der Waals surface area contributed by atoms with Crippen LogP contribution in [0.25, 0.3) is 0 Å². The van der Waals surface area contributed by atoms with Crippen LogP contribution in [-0.2, 0) is 4.79 Å². The number of allylic oxidation sites excluding steroid dienone is 1. The number of amides is 1. The largest absolute Gasteiger partial charge is 0.352 e. The predicted octanol–water partition coefficient (Wildman–Crippen LogP) is 0.702. The summed E-state index contributed by atoms with van der Waals surface area (Å²) in [5, 5.41) is 2.62. The summed E-state index contributed by atoms with van der Waals surface area (Å²) < 4.78 is 0. The minimum atomic E-state index is -0.0854. The van der Waals surface area contributed by atoms with Gasteiger partial charge in [0.15, 0.2) is 0 Å². The summed E-state index contributed by atoms with van der Waals surface area (Å²) in [5.41, 5.74) is 0. The average molecular weight is 137 g/mol. The van der Waals surface area contributed by atoms with E-state index >= 15 is 0 Å². The molecule has 0 aliphatic heterocycles. The van der Waals surface area contributed by atoms with Crippen molar-refractivity contribution in [1.82, 2.24) is 5.32 Å². The lowest BCUT2D eigenvalue weighted by molar-refractivity contribution is -0.116. The lowest BCUT2D eigenvalue weighted by Crippen LogP contribution is -2.21. The summed E-state index contributed by atoms with van der Waals surface area (Å²) in [5.74, 6) is 2.34. The van der Waals surface area contributed by atoms with Gasteiger partial charge in [-0.25, -0.2) is 0 Å². The van der Waals surface area contributed by atoms with E-state index in [-0.39, 0.29) is 5.91 Å². The van der Waals surface area contributed by atoms with Crippen LogP contribution in [0.5, 0.6) is 0 Å². The number of hydrogen-bond donors (Lipinski definition) is 1. The van der Waals surface area contributed by atoms with Crippen LogP contribution in [0.4, 0.5) is 0 Å². The first-order valence-corrected chi connectivity index (χ1v) is 3.15. The fraction of sp³-hybridized carbons (Fsp3) is 0.375. The van der Waals surface area contributed by atoms with Gasteiger partial charge >= 0.3 is 0 Å². The fourth-order valence-electron chi connectivity index (χ4n) is 0.468. The van der Waals surface area contributed by atoms with Crippen LogP contribution in [0.2, 0.25) is 0 Å². The third kappa shape index (κ3) is 4.92. The molecule has 0 aromatic carbocycles. The van der Waals surface area contributed by atoms with Crippen LogP contribution in [0, 0.1) is 12.3 Å². The van der Waals surface area contributed by atoms with Gasteiger partial charge in [-0.1, -0.05) is 6.08 Å². The second-order valence-corrected chi connectivity index (χ2v) is 1.75. The Labute approximate surface area is 61.3 Å². The topological polar surface area (TPSA) is 29.1 Å². The molecule has 2 nitrogen and oxygen atoms in total. The first-order chi connectivity index (χ1) is 4.81. The first-order valence-electron chi connectivity index (χ1n) is 3.15. The zero-order valence-corrected chi connectivity index (χ0v) is 6.05. The van der Waals surface area contributed by atoms with E-state index < -0.39 is 0 Å². The molecule has 1 N–H and O–H groups in total. The van der Waals surface area contributed by atoms with E-state index in [1.165, 1.54) is 6.08 Å². The minimum Gasteiger partial charge on any atom is -0.352 e. The van der Waals surface area contributed by atoms with Gasteiger partial charge in [-0.2, -0.15) is 0 Å². The van der Waals surface area contributed by atoms with Crippen molar-refractivity contribution in [3.8, 4) is 12.3 Å². The molecule has 0 aliphatic carbocycles. The monoisotopic (exact) mass is 137 g/mol. The number of carbonyl (C=O) groups is 1. The van der Waals surface area contributed by atoms with Crippen LogP contribution in [0.15, 0.2) is 12.2 Å². The Morgan fingerprint density at radius 3 is 3.00 bits per heavy atom. The summed E-state index contributed by atoms with van der Waals surface area (Å²) in [4.78, 5) is 10.7. The van der Waals surface area contributed by atoms with Gasteiger partial charge in [0, 0.05) is 13.0 Å². The molecule has 0 radical (unpaired) electrons. The van der Waals surface area contributed by atoms with E-state index in [4.69, 9.17) is 6.42 Å². The van der Waals surface area contributed by atoms with E-state index in [0.29, 0.717) is 13.0 Å². The Kier molecular flexibility index (Phi) is 5.17. The van der Waals surface area contributed by atoms with Crippen LogP contribution >= 0.6 is 0 Å². The van der Waals surface area contributed by atoms with Gasteiger partial charge < -0.3 is 5.32 Å². The Bertz CT molecular complexity index is 165. The number of rotatable bonds is 3. The third-order valence-electron chi connectivity index (χ3n) is 0.887. The normalized spacial score (nSPS) is 9.20. The Balaban J connectivity index is 3.33. The fourth-order valence-corrected chi connectivity index (χ4v) is 0.468. The Morgan fingerprint density at radius 2 is 2.50 bits per heavy atom. The molecule has 0 atom stereocenters. The predicted molar refractivity (Wildman–Crippen MR) is 41.3 cm³/mol. The van der Waals surface area contributed by atoms with Crippen LogP contribution in [0.3, 0.4) is 0 Å². The molecule has 10 heavy (non-hydrogen) atoms. The first kappa shape index (κ1) is 8.77. The second-order valence-electron chi connectivity index (χ2n) is 1.75. The summed E-state index contributed by atoms with van der Waals surface area (Å²) in [6, 6.07) is 0. The van der Waals surface area contributed by atoms with E-state index in [9.17, 15) is 4.79 Å². The molecule has 2 heteroatoms. The average Bonchev–Trinajstić information content (AvgIpc) is 1.89. The van der Waals surface area contributed by atoms with Gasteiger partial charge in [-0.05, 0) is 13.0 Å². The van der Waals surface area contributed by atoms with E-state index in [2.05, 4.69) is 11.2 Å². The molecule has 0 aromatic rings. The van der Waals surface area contributed by atoms with Gasteiger partial charge in [-0.3, -0.25) is 4.79 Å². The molecule has 0 spiro atoms. The van der Waals surface area contributed by atoms with Crippen LogP contribution in [0.1, 0.15) is 13.3 Å². The highest BCUT2D eigenvalue weighted by Gasteiger charge is 1.89. The molecule has 0 bridgehead atoms. The minimum absolute atomic E-state index is 0.0854. The van der Waals surface area contributed by atoms with Gasteiger partial charge in [0.25, 0.3) is 0 Å². The second kappa shape index (κ2) is 5.90. The van der Waals surface area contributed by atoms with Crippen molar-refractivity contribution in [1.29, 1.82) is 0 Å². The number of terminal acetylenes is 1. The van der Waals surface area contributed by atoms with E-state index in [0.717, 1.165) is 0 Å². The Morgan fingerprint density at radius 1 is 1.80 bits per heavy atom. The molecule has 0 heterocycles. The van der Waals surface area contributed by atoms with Crippen molar-refractivity contribution in [2.45, 2.75) is 13.3 Å².